The minimum Gasteiger partial charge on any atom is -0.356 e. The summed E-state index contributed by atoms with van der Waals surface area (Å²) in [5.74, 6) is 0.0400. The fourth-order valence-electron chi connectivity index (χ4n) is 4.04. The van der Waals surface area contributed by atoms with Crippen LogP contribution in [0.5, 0.6) is 0 Å². The zero-order chi connectivity index (χ0) is 20.8. The number of hydrogen-bond donors (Lipinski definition) is 1. The third-order valence-electron chi connectivity index (χ3n) is 5.80. The topological polar surface area (TPSA) is 81.7 Å². The van der Waals surface area contributed by atoms with Crippen molar-refractivity contribution in [3.8, 4) is 0 Å². The molecule has 0 aromatic carbocycles. The summed E-state index contributed by atoms with van der Waals surface area (Å²) < 4.78 is 0. The second-order valence-corrected chi connectivity index (χ2v) is 8.90. The van der Waals surface area contributed by atoms with E-state index in [1.165, 1.54) is 25.9 Å². The molecule has 0 aliphatic carbocycles. The molecule has 0 radical (unpaired) electrons. The van der Waals surface area contributed by atoms with Crippen molar-refractivity contribution in [2.24, 2.45) is 0 Å². The quantitative estimate of drug-likeness (QED) is 0.643. The summed E-state index contributed by atoms with van der Waals surface area (Å²) in [7, 11) is 0. The molecule has 2 fully saturated rings. The zero-order valence-corrected chi connectivity index (χ0v) is 18.2. The first-order valence-corrected chi connectivity index (χ1v) is 11.7. The number of rotatable bonds is 8. The maximum Gasteiger partial charge on any atom is 0.223 e. The predicted molar refractivity (Wildman–Crippen MR) is 119 cm³/mol. The largest absolute Gasteiger partial charge is 0.356 e. The summed E-state index contributed by atoms with van der Waals surface area (Å²) in [5, 5.41) is 3.91. The number of thiazole rings is 1. The van der Waals surface area contributed by atoms with Crippen LogP contribution < -0.4 is 10.2 Å². The van der Waals surface area contributed by atoms with E-state index in [0.717, 1.165) is 41.5 Å². The van der Waals surface area contributed by atoms with Crippen molar-refractivity contribution in [1.29, 1.82) is 0 Å². The van der Waals surface area contributed by atoms with Crippen molar-refractivity contribution >= 4 is 38.6 Å². The summed E-state index contributed by atoms with van der Waals surface area (Å²) in [6.07, 6.45) is 5.89. The molecule has 8 nitrogen and oxygen atoms in total. The van der Waals surface area contributed by atoms with Crippen LogP contribution in [0.25, 0.3) is 10.3 Å². The Kier molecular flexibility index (Phi) is 7.11. The normalized spacial score (nSPS) is 17.6. The zero-order valence-electron chi connectivity index (χ0n) is 17.4. The highest BCUT2D eigenvalue weighted by molar-refractivity contribution is 7.21. The fraction of sp³-hybridized carbons (Fsp3) is 0.619. The summed E-state index contributed by atoms with van der Waals surface area (Å²) in [6, 6.07) is 3.87. The van der Waals surface area contributed by atoms with E-state index in [1.54, 1.807) is 17.5 Å². The molecule has 2 aromatic rings. The van der Waals surface area contributed by atoms with Crippen molar-refractivity contribution < 1.29 is 9.59 Å². The molecule has 0 atom stereocenters. The third kappa shape index (κ3) is 5.46. The van der Waals surface area contributed by atoms with Gasteiger partial charge in [-0.2, -0.15) is 0 Å². The summed E-state index contributed by atoms with van der Waals surface area (Å²) in [4.78, 5) is 41.0. The maximum absolute atomic E-state index is 12.5. The Labute approximate surface area is 181 Å². The summed E-state index contributed by atoms with van der Waals surface area (Å²) in [5.41, 5.74) is 0.919. The van der Waals surface area contributed by atoms with Gasteiger partial charge in [0.05, 0.1) is 0 Å². The van der Waals surface area contributed by atoms with Crippen molar-refractivity contribution in [3.63, 3.8) is 0 Å². The van der Waals surface area contributed by atoms with Crippen LogP contribution in [-0.4, -0.2) is 83.9 Å². The van der Waals surface area contributed by atoms with Gasteiger partial charge in [0.15, 0.2) is 5.13 Å². The van der Waals surface area contributed by atoms with Crippen LogP contribution in [0.15, 0.2) is 18.3 Å². The Hall–Kier alpha value is -2.26. The number of anilines is 1. The molecule has 0 unspecified atom stereocenters. The minimum absolute atomic E-state index is 0.0228. The molecule has 2 aromatic heterocycles. The number of pyridine rings is 1. The SMILES string of the molecule is O=C(CCC(=O)N1CCN(c2nc3cccnc3s2)CC1)NCCCN1CCCC1. The van der Waals surface area contributed by atoms with Gasteiger partial charge in [-0.3, -0.25) is 9.59 Å². The average Bonchev–Trinajstić information content (AvgIpc) is 3.45. The molecule has 30 heavy (non-hydrogen) atoms. The van der Waals surface area contributed by atoms with E-state index < -0.39 is 0 Å². The second kappa shape index (κ2) is 10.2. The molecular weight excluding hydrogens is 400 g/mol. The highest BCUT2D eigenvalue weighted by Crippen LogP contribution is 2.27. The highest BCUT2D eigenvalue weighted by Gasteiger charge is 2.23. The molecule has 2 saturated heterocycles. The molecule has 2 aliphatic rings. The number of carbonyl (C=O) groups excluding carboxylic acids is 2. The Morgan fingerprint density at radius 1 is 1.07 bits per heavy atom. The lowest BCUT2D eigenvalue weighted by atomic mass is 10.2. The summed E-state index contributed by atoms with van der Waals surface area (Å²) in [6.45, 7) is 6.96. The third-order valence-corrected chi connectivity index (χ3v) is 6.84. The molecule has 4 heterocycles. The second-order valence-electron chi connectivity index (χ2n) is 7.94. The number of nitrogens with zero attached hydrogens (tertiary/aromatic N) is 5. The van der Waals surface area contributed by atoms with Crippen LogP contribution in [0.1, 0.15) is 32.1 Å². The van der Waals surface area contributed by atoms with E-state index in [9.17, 15) is 9.59 Å². The number of nitrogens with one attached hydrogen (secondary N) is 1. The molecule has 2 amide bonds. The Balaban J connectivity index is 1.13. The van der Waals surface area contributed by atoms with Crippen molar-refractivity contribution in [2.45, 2.75) is 32.1 Å². The Morgan fingerprint density at radius 3 is 2.63 bits per heavy atom. The molecule has 0 bridgehead atoms. The van der Waals surface area contributed by atoms with Crippen molar-refractivity contribution in [3.05, 3.63) is 18.3 Å². The Bertz CT molecular complexity index is 825. The van der Waals surface area contributed by atoms with Crippen LogP contribution in [0, 0.1) is 0 Å². The lowest BCUT2D eigenvalue weighted by molar-refractivity contribution is -0.133. The standard InChI is InChI=1S/C21H30N6O2S/c28-18(22-9-4-12-25-10-1-2-11-25)6-7-19(29)26-13-15-27(16-14-26)21-24-17-5-3-8-23-20(17)30-21/h3,5,8H,1-2,4,6-7,9-16H2,(H,22,28). The van der Waals surface area contributed by atoms with Gasteiger partial charge in [-0.25, -0.2) is 9.97 Å². The van der Waals surface area contributed by atoms with Crippen LogP contribution in [-0.2, 0) is 9.59 Å². The first-order chi connectivity index (χ1) is 14.7. The molecule has 1 N–H and O–H groups in total. The van der Waals surface area contributed by atoms with Gasteiger partial charge in [0.25, 0.3) is 0 Å². The predicted octanol–water partition coefficient (Wildman–Crippen LogP) is 1.72. The molecule has 4 rings (SSSR count). The van der Waals surface area contributed by atoms with Gasteiger partial charge in [0.2, 0.25) is 11.8 Å². The minimum atomic E-state index is -0.0228. The first-order valence-electron chi connectivity index (χ1n) is 10.9. The Morgan fingerprint density at radius 2 is 1.87 bits per heavy atom. The maximum atomic E-state index is 12.5. The van der Waals surface area contributed by atoms with E-state index in [0.29, 0.717) is 19.6 Å². The summed E-state index contributed by atoms with van der Waals surface area (Å²) >= 11 is 1.59. The molecule has 2 aliphatic heterocycles. The molecule has 0 saturated carbocycles. The van der Waals surface area contributed by atoms with Crippen LogP contribution in [0.3, 0.4) is 0 Å². The highest BCUT2D eigenvalue weighted by atomic mass is 32.1. The lowest BCUT2D eigenvalue weighted by Crippen LogP contribution is -2.49. The molecule has 0 spiro atoms. The number of hydrogen-bond acceptors (Lipinski definition) is 7. The van der Waals surface area contributed by atoms with Crippen LogP contribution >= 0.6 is 11.3 Å². The van der Waals surface area contributed by atoms with Gasteiger partial charge < -0.3 is 20.0 Å². The van der Waals surface area contributed by atoms with Crippen molar-refractivity contribution in [2.75, 3.05) is 57.3 Å². The van der Waals surface area contributed by atoms with Gasteiger partial charge in [0.1, 0.15) is 10.3 Å². The first kappa shape index (κ1) is 21.0. The lowest BCUT2D eigenvalue weighted by Gasteiger charge is -2.34. The number of likely N-dealkylation sites (tertiary alicyclic amines) is 1. The van der Waals surface area contributed by atoms with Crippen LogP contribution in [0.2, 0.25) is 0 Å². The van der Waals surface area contributed by atoms with Gasteiger partial charge >= 0.3 is 0 Å². The average molecular weight is 431 g/mol. The van der Waals surface area contributed by atoms with Crippen molar-refractivity contribution in [1.82, 2.24) is 25.1 Å². The molecular formula is C21H30N6O2S. The van der Waals surface area contributed by atoms with E-state index in [1.807, 2.05) is 17.0 Å². The van der Waals surface area contributed by atoms with Gasteiger partial charge in [-0.1, -0.05) is 11.3 Å². The van der Waals surface area contributed by atoms with E-state index >= 15 is 0 Å². The molecule has 9 heteroatoms. The van der Waals surface area contributed by atoms with E-state index in [-0.39, 0.29) is 24.7 Å². The van der Waals surface area contributed by atoms with E-state index in [2.05, 4.69) is 25.1 Å². The monoisotopic (exact) mass is 430 g/mol. The number of amides is 2. The van der Waals surface area contributed by atoms with Gasteiger partial charge in [0, 0.05) is 51.8 Å². The molecule has 162 valence electrons. The van der Waals surface area contributed by atoms with E-state index in [4.69, 9.17) is 0 Å². The number of piperazine rings is 1. The number of aromatic nitrogens is 2. The smallest absolute Gasteiger partial charge is 0.223 e. The number of carbonyl (C=O) groups is 2. The fourth-order valence-corrected chi connectivity index (χ4v) is 5.00. The van der Waals surface area contributed by atoms with Gasteiger partial charge in [-0.15, -0.1) is 0 Å². The van der Waals surface area contributed by atoms with Crippen LogP contribution in [0.4, 0.5) is 5.13 Å². The van der Waals surface area contributed by atoms with Gasteiger partial charge in [-0.05, 0) is 51.0 Å². The number of fused-ring (bicyclic) bond motifs is 1.